The Bertz CT molecular complexity index is 805. The summed E-state index contributed by atoms with van der Waals surface area (Å²) in [6.07, 6.45) is 7.56. The van der Waals surface area contributed by atoms with Crippen molar-refractivity contribution in [1.29, 1.82) is 0 Å². The van der Waals surface area contributed by atoms with Crippen LogP contribution in [0.5, 0.6) is 0 Å². The zero-order valence-corrected chi connectivity index (χ0v) is 17.7. The number of carbonyl (C=O) groups is 1. The lowest BCUT2D eigenvalue weighted by atomic mass is 9.93. The van der Waals surface area contributed by atoms with Crippen molar-refractivity contribution in [2.24, 2.45) is 5.41 Å². The molecule has 1 atom stereocenters. The molecule has 0 bridgehead atoms. The zero-order valence-electron chi connectivity index (χ0n) is 16.9. The van der Waals surface area contributed by atoms with E-state index in [1.807, 2.05) is 26.2 Å². The second kappa shape index (κ2) is 8.25. The number of carbonyl (C=O) groups excluding carboxylic acids is 1. The number of hydrogen-bond acceptors (Lipinski definition) is 5. The van der Waals surface area contributed by atoms with Gasteiger partial charge >= 0.3 is 0 Å². The standard InChI is InChI=1S/C20H29N5O2.ClH/c1-4-24-10-9-22-18(24)13-25(17-12-20(17)5-7-21-8-6-20)19(26)11-16-14(2)23-27-15(16)3;/h9-10,17,21H,4-8,11-13H2,1-3H3;1H. The van der Waals surface area contributed by atoms with Gasteiger partial charge in [0.2, 0.25) is 5.91 Å². The molecule has 1 spiro atoms. The molecule has 1 aliphatic heterocycles. The zero-order chi connectivity index (χ0) is 19.0. The Balaban J connectivity index is 0.00000225. The lowest BCUT2D eigenvalue weighted by Gasteiger charge is -2.29. The number of aromatic nitrogens is 3. The van der Waals surface area contributed by atoms with Gasteiger partial charge in [-0.3, -0.25) is 4.79 Å². The Morgan fingerprint density at radius 2 is 2.14 bits per heavy atom. The monoisotopic (exact) mass is 407 g/mol. The molecule has 2 aliphatic rings. The van der Waals surface area contributed by atoms with E-state index < -0.39 is 0 Å². The molecule has 1 amide bonds. The molecular weight excluding hydrogens is 378 g/mol. The van der Waals surface area contributed by atoms with Crippen molar-refractivity contribution in [3.63, 3.8) is 0 Å². The Morgan fingerprint density at radius 3 is 2.79 bits per heavy atom. The number of hydrogen-bond donors (Lipinski definition) is 1. The molecule has 2 aromatic heterocycles. The van der Waals surface area contributed by atoms with Crippen molar-refractivity contribution in [3.8, 4) is 0 Å². The van der Waals surface area contributed by atoms with Gasteiger partial charge in [0.1, 0.15) is 11.6 Å². The van der Waals surface area contributed by atoms with Crippen LogP contribution in [0.2, 0.25) is 0 Å². The highest BCUT2D eigenvalue weighted by atomic mass is 35.5. The van der Waals surface area contributed by atoms with Crippen molar-refractivity contribution < 1.29 is 9.32 Å². The van der Waals surface area contributed by atoms with E-state index in [1.165, 1.54) is 0 Å². The Labute approximate surface area is 172 Å². The van der Waals surface area contributed by atoms with Crippen LogP contribution in [0, 0.1) is 19.3 Å². The quantitative estimate of drug-likeness (QED) is 0.796. The SMILES string of the molecule is CCn1ccnc1CN(C(=O)Cc1c(C)noc1C)C1CC12CCNCC2.Cl. The molecule has 154 valence electrons. The molecule has 1 saturated carbocycles. The van der Waals surface area contributed by atoms with Crippen molar-refractivity contribution >= 4 is 18.3 Å². The molecule has 4 rings (SSSR count). The van der Waals surface area contributed by atoms with Crippen LogP contribution in [0.1, 0.15) is 49.0 Å². The van der Waals surface area contributed by atoms with Gasteiger partial charge in [-0.2, -0.15) is 0 Å². The summed E-state index contributed by atoms with van der Waals surface area (Å²) in [7, 11) is 0. The summed E-state index contributed by atoms with van der Waals surface area (Å²) in [5, 5.41) is 7.45. The highest BCUT2D eigenvalue weighted by Gasteiger charge is 2.57. The number of nitrogens with one attached hydrogen (secondary N) is 1. The summed E-state index contributed by atoms with van der Waals surface area (Å²) < 4.78 is 7.38. The van der Waals surface area contributed by atoms with Crippen LogP contribution in [0.3, 0.4) is 0 Å². The van der Waals surface area contributed by atoms with Gasteiger partial charge in [0.05, 0.1) is 18.7 Å². The number of rotatable bonds is 6. The van der Waals surface area contributed by atoms with E-state index in [-0.39, 0.29) is 18.3 Å². The second-order valence-electron chi connectivity index (χ2n) is 7.96. The average Bonchev–Trinajstić information content (AvgIpc) is 3.00. The van der Waals surface area contributed by atoms with Gasteiger partial charge < -0.3 is 19.3 Å². The molecule has 1 unspecified atom stereocenters. The van der Waals surface area contributed by atoms with Gasteiger partial charge in [0, 0.05) is 30.5 Å². The number of amides is 1. The smallest absolute Gasteiger partial charge is 0.227 e. The second-order valence-corrected chi connectivity index (χ2v) is 7.96. The molecule has 2 fully saturated rings. The summed E-state index contributed by atoms with van der Waals surface area (Å²) in [6, 6.07) is 0.314. The van der Waals surface area contributed by atoms with Crippen molar-refractivity contribution in [2.75, 3.05) is 13.1 Å². The first-order valence-electron chi connectivity index (χ1n) is 9.96. The molecule has 3 heterocycles. The van der Waals surface area contributed by atoms with Crippen molar-refractivity contribution in [2.45, 2.75) is 65.6 Å². The number of aryl methyl sites for hydroxylation is 3. The topological polar surface area (TPSA) is 76.2 Å². The van der Waals surface area contributed by atoms with Crippen molar-refractivity contribution in [3.05, 3.63) is 35.2 Å². The molecule has 8 heteroatoms. The maximum absolute atomic E-state index is 13.4. The molecule has 2 aromatic rings. The van der Waals surface area contributed by atoms with Gasteiger partial charge in [-0.1, -0.05) is 5.16 Å². The molecule has 7 nitrogen and oxygen atoms in total. The summed E-state index contributed by atoms with van der Waals surface area (Å²) in [5.41, 5.74) is 2.02. The molecule has 1 saturated heterocycles. The third kappa shape index (κ3) is 3.82. The van der Waals surface area contributed by atoms with Crippen LogP contribution in [0.4, 0.5) is 0 Å². The summed E-state index contributed by atoms with van der Waals surface area (Å²) in [5.74, 6) is 1.85. The first-order valence-corrected chi connectivity index (χ1v) is 9.96. The van der Waals surface area contributed by atoms with E-state index in [2.05, 4.69) is 31.8 Å². The largest absolute Gasteiger partial charge is 0.361 e. The average molecular weight is 408 g/mol. The third-order valence-electron chi connectivity index (χ3n) is 6.41. The normalized spacial score (nSPS) is 20.0. The Kier molecular flexibility index (Phi) is 6.15. The first kappa shape index (κ1) is 20.9. The number of piperidine rings is 1. The predicted octanol–water partition coefficient (Wildman–Crippen LogP) is 2.64. The van der Waals surface area contributed by atoms with Crippen LogP contribution in [0.25, 0.3) is 0 Å². The lowest BCUT2D eigenvalue weighted by molar-refractivity contribution is -0.132. The van der Waals surface area contributed by atoms with E-state index in [4.69, 9.17) is 4.52 Å². The van der Waals surface area contributed by atoms with Gasteiger partial charge in [0.25, 0.3) is 0 Å². The maximum atomic E-state index is 13.4. The van der Waals surface area contributed by atoms with E-state index in [0.717, 1.165) is 61.7 Å². The van der Waals surface area contributed by atoms with Crippen LogP contribution in [-0.4, -0.2) is 44.6 Å². The molecule has 0 radical (unpaired) electrons. The minimum absolute atomic E-state index is 0. The maximum Gasteiger partial charge on any atom is 0.227 e. The fourth-order valence-electron chi connectivity index (χ4n) is 4.54. The molecule has 0 aromatic carbocycles. The summed E-state index contributed by atoms with van der Waals surface area (Å²) in [4.78, 5) is 19.9. The summed E-state index contributed by atoms with van der Waals surface area (Å²) >= 11 is 0. The van der Waals surface area contributed by atoms with E-state index >= 15 is 0 Å². The summed E-state index contributed by atoms with van der Waals surface area (Å²) in [6.45, 7) is 9.41. The fourth-order valence-corrected chi connectivity index (χ4v) is 4.54. The van der Waals surface area contributed by atoms with Gasteiger partial charge in [-0.15, -0.1) is 12.4 Å². The van der Waals surface area contributed by atoms with Crippen LogP contribution < -0.4 is 5.32 Å². The van der Waals surface area contributed by atoms with Gasteiger partial charge in [-0.25, -0.2) is 4.98 Å². The highest BCUT2D eigenvalue weighted by molar-refractivity contribution is 5.85. The van der Waals surface area contributed by atoms with Gasteiger partial charge in [0.15, 0.2) is 0 Å². The Hall–Kier alpha value is -1.86. The van der Waals surface area contributed by atoms with Crippen molar-refractivity contribution in [1.82, 2.24) is 24.9 Å². The Morgan fingerprint density at radius 1 is 1.39 bits per heavy atom. The van der Waals surface area contributed by atoms with E-state index in [1.54, 1.807) is 0 Å². The lowest BCUT2D eigenvalue weighted by Crippen LogP contribution is -2.40. The minimum Gasteiger partial charge on any atom is -0.361 e. The molecule has 1 aliphatic carbocycles. The molecule has 28 heavy (non-hydrogen) atoms. The molecule has 1 N–H and O–H groups in total. The van der Waals surface area contributed by atoms with E-state index in [0.29, 0.717) is 24.4 Å². The van der Waals surface area contributed by atoms with Gasteiger partial charge in [-0.05, 0) is 58.5 Å². The van der Waals surface area contributed by atoms with E-state index in [9.17, 15) is 4.79 Å². The fraction of sp³-hybridized carbons (Fsp3) is 0.650. The van der Waals surface area contributed by atoms with Crippen LogP contribution in [0.15, 0.2) is 16.9 Å². The predicted molar refractivity (Wildman–Crippen MR) is 108 cm³/mol. The van der Waals surface area contributed by atoms with Crippen LogP contribution >= 0.6 is 12.4 Å². The number of halogens is 1. The minimum atomic E-state index is 0. The van der Waals surface area contributed by atoms with Crippen LogP contribution in [-0.2, 0) is 24.3 Å². The highest BCUT2D eigenvalue weighted by Crippen LogP contribution is 2.56. The third-order valence-corrected chi connectivity index (χ3v) is 6.41. The number of imidazole rings is 1. The number of nitrogens with zero attached hydrogens (tertiary/aromatic N) is 4. The molecular formula is C20H30ClN5O2. The first-order chi connectivity index (χ1) is 13.0.